The maximum Gasteiger partial charge on any atom is 0.337 e. The first-order chi connectivity index (χ1) is 9.81. The number of carbonyl (C=O) groups excluding carboxylic acids is 2. The van der Waals surface area contributed by atoms with E-state index in [4.69, 9.17) is 10.2 Å². The minimum absolute atomic E-state index is 0.0880. The van der Waals surface area contributed by atoms with Crippen molar-refractivity contribution in [1.29, 1.82) is 0 Å². The molecule has 112 valence electrons. The van der Waals surface area contributed by atoms with Gasteiger partial charge in [0.1, 0.15) is 12.5 Å². The van der Waals surface area contributed by atoms with E-state index < -0.39 is 36.2 Å². The quantitative estimate of drug-likeness (QED) is 0.558. The van der Waals surface area contributed by atoms with Crippen LogP contribution >= 0.6 is 0 Å². The Hall–Kier alpha value is -2.90. The summed E-state index contributed by atoms with van der Waals surface area (Å²) in [5.74, 6) is -3.97. The summed E-state index contributed by atoms with van der Waals surface area (Å²) in [5, 5.41) is 22.0. The number of aromatic carboxylic acids is 1. The summed E-state index contributed by atoms with van der Waals surface area (Å²) in [5.41, 5.74) is 0.00393. The second kappa shape index (κ2) is 7.04. The van der Waals surface area contributed by atoms with Gasteiger partial charge in [-0.1, -0.05) is 12.1 Å². The fourth-order valence-corrected chi connectivity index (χ4v) is 1.52. The van der Waals surface area contributed by atoms with E-state index >= 15 is 0 Å². The van der Waals surface area contributed by atoms with E-state index in [1.165, 1.54) is 25.1 Å². The predicted molar refractivity (Wildman–Crippen MR) is 71.9 cm³/mol. The summed E-state index contributed by atoms with van der Waals surface area (Å²) in [7, 11) is 0. The van der Waals surface area contributed by atoms with E-state index in [2.05, 4.69) is 10.6 Å². The van der Waals surface area contributed by atoms with Crippen LogP contribution in [0.2, 0.25) is 0 Å². The first-order valence-corrected chi connectivity index (χ1v) is 5.95. The Morgan fingerprint density at radius 1 is 1.14 bits per heavy atom. The van der Waals surface area contributed by atoms with Gasteiger partial charge in [0, 0.05) is 0 Å². The van der Waals surface area contributed by atoms with Crippen LogP contribution in [0.25, 0.3) is 0 Å². The van der Waals surface area contributed by atoms with Gasteiger partial charge in [0.25, 0.3) is 0 Å². The number of aliphatic carboxylic acids is 1. The molecule has 1 rings (SSSR count). The van der Waals surface area contributed by atoms with Gasteiger partial charge in [-0.05, 0) is 19.1 Å². The Kier molecular flexibility index (Phi) is 5.41. The molecule has 0 aliphatic carbocycles. The van der Waals surface area contributed by atoms with Gasteiger partial charge in [0.2, 0.25) is 11.8 Å². The van der Waals surface area contributed by atoms with E-state index in [0.29, 0.717) is 0 Å². The number of carboxylic acids is 2. The Morgan fingerprint density at radius 3 is 2.33 bits per heavy atom. The SMILES string of the molecule is CC(NC(=O)CC(=O)O)C(=O)Nc1ccccc1C(=O)O. The first kappa shape index (κ1) is 16.2. The maximum absolute atomic E-state index is 11.8. The number of carbonyl (C=O) groups is 4. The van der Waals surface area contributed by atoms with Crippen LogP contribution in [0.5, 0.6) is 0 Å². The molecule has 1 unspecified atom stereocenters. The number of benzene rings is 1. The highest BCUT2D eigenvalue weighted by atomic mass is 16.4. The van der Waals surface area contributed by atoms with Gasteiger partial charge in [-0.2, -0.15) is 0 Å². The zero-order valence-electron chi connectivity index (χ0n) is 11.1. The van der Waals surface area contributed by atoms with Crippen molar-refractivity contribution in [1.82, 2.24) is 5.32 Å². The Labute approximate surface area is 119 Å². The average molecular weight is 294 g/mol. The molecule has 0 spiro atoms. The molecule has 21 heavy (non-hydrogen) atoms. The van der Waals surface area contributed by atoms with Crippen LogP contribution in [0.3, 0.4) is 0 Å². The van der Waals surface area contributed by atoms with Gasteiger partial charge < -0.3 is 20.8 Å². The van der Waals surface area contributed by atoms with Crippen LogP contribution in [0.4, 0.5) is 5.69 Å². The minimum atomic E-state index is -1.31. The third kappa shape index (κ3) is 4.94. The first-order valence-electron chi connectivity index (χ1n) is 5.95. The summed E-state index contributed by atoms with van der Waals surface area (Å²) in [6.45, 7) is 1.36. The van der Waals surface area contributed by atoms with Crippen molar-refractivity contribution in [2.24, 2.45) is 0 Å². The van der Waals surface area contributed by atoms with Gasteiger partial charge >= 0.3 is 11.9 Å². The molecule has 0 radical (unpaired) electrons. The second-order valence-electron chi connectivity index (χ2n) is 4.20. The third-order valence-corrected chi connectivity index (χ3v) is 2.50. The monoisotopic (exact) mass is 294 g/mol. The number of para-hydroxylation sites is 1. The molecule has 8 nitrogen and oxygen atoms in total. The summed E-state index contributed by atoms with van der Waals surface area (Å²) in [6.07, 6.45) is -0.747. The molecular weight excluding hydrogens is 280 g/mol. The van der Waals surface area contributed by atoms with Gasteiger partial charge in [-0.3, -0.25) is 14.4 Å². The molecule has 0 saturated carbocycles. The Morgan fingerprint density at radius 2 is 1.76 bits per heavy atom. The summed E-state index contributed by atoms with van der Waals surface area (Å²) >= 11 is 0. The minimum Gasteiger partial charge on any atom is -0.481 e. The molecule has 0 aliphatic rings. The van der Waals surface area contributed by atoms with Crippen molar-refractivity contribution in [3.63, 3.8) is 0 Å². The van der Waals surface area contributed by atoms with Crippen molar-refractivity contribution in [3.05, 3.63) is 29.8 Å². The topological polar surface area (TPSA) is 133 Å². The van der Waals surface area contributed by atoms with Crippen LogP contribution in [0.15, 0.2) is 24.3 Å². The largest absolute Gasteiger partial charge is 0.481 e. The lowest BCUT2D eigenvalue weighted by molar-refractivity contribution is -0.141. The average Bonchev–Trinajstić information content (AvgIpc) is 2.37. The Bertz CT molecular complexity index is 584. The number of rotatable bonds is 6. The molecule has 8 heteroatoms. The molecule has 0 bridgehead atoms. The van der Waals surface area contributed by atoms with Crippen LogP contribution in [-0.2, 0) is 14.4 Å². The van der Waals surface area contributed by atoms with Crippen LogP contribution in [0, 0.1) is 0 Å². The molecule has 4 N–H and O–H groups in total. The molecule has 1 atom stereocenters. The fourth-order valence-electron chi connectivity index (χ4n) is 1.52. The van der Waals surface area contributed by atoms with Crippen LogP contribution < -0.4 is 10.6 Å². The summed E-state index contributed by atoms with van der Waals surface area (Å²) in [4.78, 5) is 44.4. The van der Waals surface area contributed by atoms with E-state index in [1.54, 1.807) is 6.07 Å². The smallest absolute Gasteiger partial charge is 0.337 e. The highest BCUT2D eigenvalue weighted by Gasteiger charge is 2.19. The van der Waals surface area contributed by atoms with Crippen molar-refractivity contribution < 1.29 is 29.4 Å². The molecule has 0 saturated heterocycles. The molecule has 0 fully saturated rings. The van der Waals surface area contributed by atoms with Gasteiger partial charge in [0.05, 0.1) is 11.3 Å². The maximum atomic E-state index is 11.8. The number of hydrogen-bond donors (Lipinski definition) is 4. The highest BCUT2D eigenvalue weighted by molar-refractivity contribution is 6.03. The van der Waals surface area contributed by atoms with Gasteiger partial charge in [0.15, 0.2) is 0 Å². The number of carboxylic acid groups (broad SMARTS) is 2. The number of nitrogens with one attached hydrogen (secondary N) is 2. The third-order valence-electron chi connectivity index (χ3n) is 2.50. The Balaban J connectivity index is 2.71. The lowest BCUT2D eigenvalue weighted by Gasteiger charge is -2.14. The zero-order chi connectivity index (χ0) is 16.0. The molecule has 1 aromatic rings. The van der Waals surface area contributed by atoms with Crippen molar-refractivity contribution in [2.75, 3.05) is 5.32 Å². The molecule has 2 amide bonds. The molecule has 0 aromatic heterocycles. The standard InChI is InChI=1S/C13H14N2O6/c1-7(14-10(16)6-11(17)18)12(19)15-9-5-3-2-4-8(9)13(20)21/h2-5,7H,6H2,1H3,(H,14,16)(H,15,19)(H,17,18)(H,20,21). The number of anilines is 1. The van der Waals surface area contributed by atoms with E-state index in [1.807, 2.05) is 0 Å². The molecule has 0 heterocycles. The normalized spacial score (nSPS) is 11.3. The second-order valence-corrected chi connectivity index (χ2v) is 4.20. The van der Waals surface area contributed by atoms with E-state index in [9.17, 15) is 19.2 Å². The van der Waals surface area contributed by atoms with Gasteiger partial charge in [-0.25, -0.2) is 4.79 Å². The molecule has 1 aromatic carbocycles. The predicted octanol–water partition coefficient (Wildman–Crippen LogP) is 0.303. The van der Waals surface area contributed by atoms with Crippen molar-refractivity contribution in [3.8, 4) is 0 Å². The fraction of sp³-hybridized carbons (Fsp3) is 0.231. The lowest BCUT2D eigenvalue weighted by Crippen LogP contribution is -2.42. The lowest BCUT2D eigenvalue weighted by atomic mass is 10.1. The van der Waals surface area contributed by atoms with Crippen LogP contribution in [0.1, 0.15) is 23.7 Å². The summed E-state index contributed by atoms with van der Waals surface area (Å²) in [6, 6.07) is 4.80. The number of amides is 2. The highest BCUT2D eigenvalue weighted by Crippen LogP contribution is 2.15. The van der Waals surface area contributed by atoms with Gasteiger partial charge in [-0.15, -0.1) is 0 Å². The zero-order valence-corrected chi connectivity index (χ0v) is 11.1. The van der Waals surface area contributed by atoms with E-state index in [-0.39, 0.29) is 11.3 Å². The van der Waals surface area contributed by atoms with Crippen molar-refractivity contribution >= 4 is 29.4 Å². The van der Waals surface area contributed by atoms with Crippen molar-refractivity contribution in [2.45, 2.75) is 19.4 Å². The molecular formula is C13H14N2O6. The summed E-state index contributed by atoms with van der Waals surface area (Å²) < 4.78 is 0. The van der Waals surface area contributed by atoms with Crippen LogP contribution in [-0.4, -0.2) is 40.0 Å². The molecule has 0 aliphatic heterocycles. The number of hydrogen-bond acceptors (Lipinski definition) is 4. The van der Waals surface area contributed by atoms with E-state index in [0.717, 1.165) is 0 Å².